The van der Waals surface area contributed by atoms with Gasteiger partial charge in [-0.2, -0.15) is 0 Å². The summed E-state index contributed by atoms with van der Waals surface area (Å²) in [6.45, 7) is 7.51. The topological polar surface area (TPSA) is 169 Å². The number of nitrogens with one attached hydrogen (secondary N) is 2. The molecule has 1 saturated heterocycles. The zero-order chi connectivity index (χ0) is 35.7. The number of rotatable bonds is 12. The average molecular weight is 700 g/mol. The van der Waals surface area contributed by atoms with Crippen LogP contribution in [0.25, 0.3) is 0 Å². The molecule has 0 bridgehead atoms. The van der Waals surface area contributed by atoms with Crippen LogP contribution in [0.3, 0.4) is 0 Å². The monoisotopic (exact) mass is 699 g/mol. The number of ether oxygens (including phenoxy) is 1. The summed E-state index contributed by atoms with van der Waals surface area (Å²) in [6, 6.07) is 0.537. The maximum Gasteiger partial charge on any atom is 0.287 e. The number of hydrogen-bond acceptors (Lipinski definition) is 8. The lowest BCUT2D eigenvalue weighted by atomic mass is 9.84. The third kappa shape index (κ3) is 8.56. The van der Waals surface area contributed by atoms with Crippen molar-refractivity contribution in [2.45, 2.75) is 122 Å². The van der Waals surface area contributed by atoms with Crippen LogP contribution in [0.5, 0.6) is 5.75 Å². The highest BCUT2D eigenvalue weighted by molar-refractivity contribution is 6.38. The van der Waals surface area contributed by atoms with Crippen LogP contribution in [0.2, 0.25) is 5.02 Å². The lowest BCUT2D eigenvalue weighted by molar-refractivity contribution is -0.145. The Labute approximate surface area is 293 Å². The fraction of sp³-hybridized carbons (Fsp3) is 0.667. The number of primary amides is 1. The molecule has 4 atom stereocenters. The molecule has 4 aliphatic rings. The highest BCUT2D eigenvalue weighted by Crippen LogP contribution is 2.41. The number of oxime groups is 1. The van der Waals surface area contributed by atoms with Crippen molar-refractivity contribution in [2.75, 3.05) is 13.7 Å². The Morgan fingerprint density at radius 2 is 1.78 bits per heavy atom. The van der Waals surface area contributed by atoms with Gasteiger partial charge in [0.25, 0.3) is 5.91 Å². The molecule has 1 aromatic carbocycles. The first-order valence-electron chi connectivity index (χ1n) is 17.4. The Hall–Kier alpha value is -3.67. The van der Waals surface area contributed by atoms with Gasteiger partial charge in [0.2, 0.25) is 23.5 Å². The number of ketones is 1. The number of likely N-dealkylation sites (tertiary alicyclic amines) is 1. The molecule has 2 saturated carbocycles. The van der Waals surface area contributed by atoms with E-state index < -0.39 is 52.6 Å². The number of nitrogens with zero attached hydrogens (tertiary/aromatic N) is 2. The molecule has 13 heteroatoms. The standard InChI is InChI=1S/C36H50ClN5O7/c1-20-13-23(16-24(37)30(20)48-5)26-17-36(49-41-26)18-27(33(46)39-25(14-22-11-12-22)29(44)32(38)45)42(19-36)34(47)31(35(2,3)4)40-28(43)15-21-9-7-6-8-10-21/h13,16,21-22,25,27,31H,6-12,14-15,17-19H2,1-5H3,(H2,38,45)(H,39,46)(H,40,43)/t25-,27?,31-,36-/m1/s1. The number of benzene rings is 1. The summed E-state index contributed by atoms with van der Waals surface area (Å²) in [6.07, 6.45) is 8.13. The third-order valence-electron chi connectivity index (χ3n) is 10.4. The molecule has 3 fully saturated rings. The number of hydrogen-bond donors (Lipinski definition) is 3. The molecule has 2 aliphatic carbocycles. The second-order valence-electron chi connectivity index (χ2n) is 15.5. The van der Waals surface area contributed by atoms with Crippen LogP contribution in [-0.4, -0.2) is 77.4 Å². The SMILES string of the molecule is COc1c(C)cc(C2=NO[C@]3(C2)CC(C(=O)N[C@H](CC2CC2)C(=O)C(N)=O)N(C(=O)[C@@H](NC(=O)CC2CCCCC2)C(C)(C)C)C3)cc1Cl. The van der Waals surface area contributed by atoms with Crippen molar-refractivity contribution in [3.8, 4) is 5.75 Å². The zero-order valence-corrected chi connectivity index (χ0v) is 30.0. The summed E-state index contributed by atoms with van der Waals surface area (Å²) in [4.78, 5) is 74.2. The first-order chi connectivity index (χ1) is 23.1. The molecule has 2 aliphatic heterocycles. The summed E-state index contributed by atoms with van der Waals surface area (Å²) in [5, 5.41) is 10.6. The van der Waals surface area contributed by atoms with E-state index in [0.29, 0.717) is 29.3 Å². The lowest BCUT2D eigenvalue weighted by Crippen LogP contribution is -2.59. The Balaban J connectivity index is 1.41. The number of carbonyl (C=O) groups is 5. The molecule has 12 nitrogen and oxygen atoms in total. The van der Waals surface area contributed by atoms with Gasteiger partial charge in [0.1, 0.15) is 17.8 Å². The van der Waals surface area contributed by atoms with E-state index in [0.717, 1.165) is 49.7 Å². The Morgan fingerprint density at radius 3 is 2.37 bits per heavy atom. The van der Waals surface area contributed by atoms with Crippen molar-refractivity contribution in [2.24, 2.45) is 28.1 Å². The van der Waals surface area contributed by atoms with Crippen LogP contribution in [0.4, 0.5) is 0 Å². The largest absolute Gasteiger partial charge is 0.495 e. The third-order valence-corrected chi connectivity index (χ3v) is 10.6. The Kier molecular flexibility index (Phi) is 11.0. The number of amides is 4. The number of halogens is 1. The van der Waals surface area contributed by atoms with E-state index in [1.165, 1.54) is 11.3 Å². The van der Waals surface area contributed by atoms with Crippen molar-refractivity contribution < 1.29 is 33.5 Å². The Bertz CT molecular complexity index is 1490. The summed E-state index contributed by atoms with van der Waals surface area (Å²) < 4.78 is 5.40. The summed E-state index contributed by atoms with van der Waals surface area (Å²) in [5.74, 6) is -2.17. The number of methoxy groups -OCH3 is 1. The molecule has 1 aromatic rings. The molecule has 268 valence electrons. The van der Waals surface area contributed by atoms with Gasteiger partial charge in [-0.05, 0) is 61.1 Å². The van der Waals surface area contributed by atoms with E-state index in [9.17, 15) is 24.0 Å². The lowest BCUT2D eigenvalue weighted by Gasteiger charge is -2.36. The summed E-state index contributed by atoms with van der Waals surface area (Å²) in [5.41, 5.74) is 5.74. The minimum atomic E-state index is -1.12. The van der Waals surface area contributed by atoms with Crippen molar-refractivity contribution in [3.63, 3.8) is 0 Å². The predicted molar refractivity (Wildman–Crippen MR) is 184 cm³/mol. The minimum Gasteiger partial charge on any atom is -0.495 e. The molecule has 2 heterocycles. The molecular formula is C36H50ClN5O7. The van der Waals surface area contributed by atoms with Gasteiger partial charge in [0.05, 0.1) is 30.4 Å². The van der Waals surface area contributed by atoms with Crippen LogP contribution in [0.15, 0.2) is 17.3 Å². The van der Waals surface area contributed by atoms with Crippen LogP contribution in [0.1, 0.15) is 103 Å². The van der Waals surface area contributed by atoms with E-state index in [1.807, 2.05) is 33.8 Å². The maximum atomic E-state index is 14.6. The average Bonchev–Trinajstić information content (AvgIpc) is 3.64. The van der Waals surface area contributed by atoms with E-state index in [-0.39, 0.29) is 37.1 Å². The van der Waals surface area contributed by atoms with Gasteiger partial charge in [-0.25, -0.2) is 0 Å². The molecule has 0 aromatic heterocycles. The summed E-state index contributed by atoms with van der Waals surface area (Å²) in [7, 11) is 1.55. The quantitative estimate of drug-likeness (QED) is 0.277. The van der Waals surface area contributed by atoms with Crippen LogP contribution < -0.4 is 21.1 Å². The van der Waals surface area contributed by atoms with Gasteiger partial charge in [-0.1, -0.05) is 69.6 Å². The van der Waals surface area contributed by atoms with Gasteiger partial charge in [0, 0.05) is 24.8 Å². The van der Waals surface area contributed by atoms with E-state index >= 15 is 0 Å². The van der Waals surface area contributed by atoms with E-state index in [4.69, 9.17) is 26.9 Å². The molecule has 0 radical (unpaired) electrons. The molecule has 49 heavy (non-hydrogen) atoms. The Morgan fingerprint density at radius 1 is 1.08 bits per heavy atom. The smallest absolute Gasteiger partial charge is 0.287 e. The summed E-state index contributed by atoms with van der Waals surface area (Å²) >= 11 is 6.49. The number of nitrogens with two attached hydrogens (primary N) is 1. The van der Waals surface area contributed by atoms with Gasteiger partial charge in [0.15, 0.2) is 5.60 Å². The van der Waals surface area contributed by atoms with Crippen LogP contribution >= 0.6 is 11.6 Å². The highest BCUT2D eigenvalue weighted by atomic mass is 35.5. The predicted octanol–water partition coefficient (Wildman–Crippen LogP) is 3.96. The normalized spacial score (nSPS) is 23.8. The first-order valence-corrected chi connectivity index (χ1v) is 17.8. The highest BCUT2D eigenvalue weighted by Gasteiger charge is 2.56. The first kappa shape index (κ1) is 36.6. The number of aryl methyl sites for hydroxylation is 1. The fourth-order valence-electron chi connectivity index (χ4n) is 7.49. The molecule has 1 spiro atoms. The molecular weight excluding hydrogens is 650 g/mol. The number of Topliss-reactive ketones (excluding diaryl/α,β-unsaturated/α-hetero) is 1. The zero-order valence-electron chi connectivity index (χ0n) is 29.2. The van der Waals surface area contributed by atoms with Crippen molar-refractivity contribution in [1.29, 1.82) is 0 Å². The van der Waals surface area contributed by atoms with E-state index in [2.05, 4.69) is 15.8 Å². The van der Waals surface area contributed by atoms with Crippen LogP contribution in [-0.2, 0) is 28.8 Å². The fourth-order valence-corrected chi connectivity index (χ4v) is 7.83. The molecule has 5 rings (SSSR count). The van der Waals surface area contributed by atoms with Gasteiger partial charge >= 0.3 is 0 Å². The number of carbonyl (C=O) groups excluding carboxylic acids is 5. The van der Waals surface area contributed by atoms with Crippen molar-refractivity contribution in [1.82, 2.24) is 15.5 Å². The second-order valence-corrected chi connectivity index (χ2v) is 15.9. The van der Waals surface area contributed by atoms with Gasteiger partial charge in [-0.3, -0.25) is 24.0 Å². The maximum absolute atomic E-state index is 14.6. The minimum absolute atomic E-state index is 0.0158. The van der Waals surface area contributed by atoms with Crippen LogP contribution in [0, 0.1) is 24.2 Å². The second kappa shape index (κ2) is 14.7. The molecule has 4 N–H and O–H groups in total. The molecule has 4 amide bonds. The van der Waals surface area contributed by atoms with Crippen molar-refractivity contribution >= 4 is 46.7 Å². The molecule has 1 unspecified atom stereocenters. The van der Waals surface area contributed by atoms with Gasteiger partial charge in [-0.15, -0.1) is 0 Å². The van der Waals surface area contributed by atoms with Gasteiger partial charge < -0.3 is 30.8 Å². The van der Waals surface area contributed by atoms with E-state index in [1.54, 1.807) is 13.2 Å². The van der Waals surface area contributed by atoms with Crippen molar-refractivity contribution in [3.05, 3.63) is 28.3 Å².